The summed E-state index contributed by atoms with van der Waals surface area (Å²) in [6.07, 6.45) is 1.74. The molecule has 106 valence electrons. The van der Waals surface area contributed by atoms with Gasteiger partial charge in [-0.25, -0.2) is 0 Å². The molecule has 0 saturated heterocycles. The van der Waals surface area contributed by atoms with E-state index in [-0.39, 0.29) is 0 Å². The second kappa shape index (κ2) is 6.03. The number of anilines is 1. The Bertz CT molecular complexity index is 788. The third-order valence-electron chi connectivity index (χ3n) is 3.12. The number of halogens is 2. The van der Waals surface area contributed by atoms with Crippen LogP contribution in [0.15, 0.2) is 57.6 Å². The maximum Gasteiger partial charge on any atom is 0.146 e. The number of hydrogen-bond donors (Lipinski definition) is 1. The molecule has 0 aliphatic heterocycles. The SMILES string of the molecule is Nc1ccc(OCc2ccc(Br)cc2)c2ncc(Br)cc12. The minimum absolute atomic E-state index is 0.490. The molecule has 5 heteroatoms. The summed E-state index contributed by atoms with van der Waals surface area (Å²) in [6.45, 7) is 0.490. The van der Waals surface area contributed by atoms with Crippen LogP contribution in [0, 0.1) is 0 Å². The molecule has 0 atom stereocenters. The Labute approximate surface area is 139 Å². The number of nitrogens with zero attached hydrogens (tertiary/aromatic N) is 1. The molecule has 0 bridgehead atoms. The van der Waals surface area contributed by atoms with E-state index < -0.39 is 0 Å². The molecule has 1 heterocycles. The molecule has 0 fully saturated rings. The summed E-state index contributed by atoms with van der Waals surface area (Å²) in [5.74, 6) is 0.731. The molecule has 1 aromatic heterocycles. The van der Waals surface area contributed by atoms with Crippen molar-refractivity contribution in [1.29, 1.82) is 0 Å². The average Bonchev–Trinajstić information content (AvgIpc) is 2.49. The van der Waals surface area contributed by atoms with Crippen LogP contribution >= 0.6 is 31.9 Å². The van der Waals surface area contributed by atoms with Crippen LogP contribution in [0.4, 0.5) is 5.69 Å². The molecule has 0 aliphatic rings. The molecule has 21 heavy (non-hydrogen) atoms. The van der Waals surface area contributed by atoms with Crippen LogP contribution in [0.25, 0.3) is 10.9 Å². The maximum atomic E-state index is 6.00. The minimum atomic E-state index is 0.490. The van der Waals surface area contributed by atoms with Crippen LogP contribution in [0.5, 0.6) is 5.75 Å². The highest BCUT2D eigenvalue weighted by atomic mass is 79.9. The smallest absolute Gasteiger partial charge is 0.146 e. The molecule has 2 aromatic carbocycles. The number of rotatable bonds is 3. The normalized spacial score (nSPS) is 10.8. The number of fused-ring (bicyclic) bond motifs is 1. The van der Waals surface area contributed by atoms with E-state index in [1.807, 2.05) is 42.5 Å². The number of ether oxygens (including phenoxy) is 1. The Morgan fingerprint density at radius 2 is 1.76 bits per heavy atom. The lowest BCUT2D eigenvalue weighted by atomic mass is 10.1. The highest BCUT2D eigenvalue weighted by Gasteiger charge is 2.07. The van der Waals surface area contributed by atoms with Gasteiger partial charge in [0.15, 0.2) is 0 Å². The van der Waals surface area contributed by atoms with Gasteiger partial charge in [0, 0.05) is 26.2 Å². The van der Waals surface area contributed by atoms with Crippen molar-refractivity contribution in [3.05, 3.63) is 63.2 Å². The molecule has 3 nitrogen and oxygen atoms in total. The Balaban J connectivity index is 1.90. The van der Waals surface area contributed by atoms with E-state index in [2.05, 4.69) is 36.8 Å². The summed E-state index contributed by atoms with van der Waals surface area (Å²) in [5.41, 5.74) is 8.56. The lowest BCUT2D eigenvalue weighted by Crippen LogP contribution is -1.98. The van der Waals surface area contributed by atoms with E-state index in [4.69, 9.17) is 10.5 Å². The van der Waals surface area contributed by atoms with Gasteiger partial charge in [0.1, 0.15) is 17.9 Å². The highest BCUT2D eigenvalue weighted by molar-refractivity contribution is 9.10. The average molecular weight is 408 g/mol. The summed E-state index contributed by atoms with van der Waals surface area (Å²) in [6, 6.07) is 13.7. The number of benzene rings is 2. The zero-order valence-corrected chi connectivity index (χ0v) is 14.2. The zero-order valence-electron chi connectivity index (χ0n) is 11.0. The van der Waals surface area contributed by atoms with E-state index in [9.17, 15) is 0 Å². The monoisotopic (exact) mass is 406 g/mol. The van der Waals surface area contributed by atoms with Crippen molar-refractivity contribution in [2.24, 2.45) is 0 Å². The van der Waals surface area contributed by atoms with Gasteiger partial charge in [-0.1, -0.05) is 28.1 Å². The first-order valence-corrected chi connectivity index (χ1v) is 7.93. The first kappa shape index (κ1) is 14.4. The predicted molar refractivity (Wildman–Crippen MR) is 92.3 cm³/mol. The van der Waals surface area contributed by atoms with Gasteiger partial charge in [0.25, 0.3) is 0 Å². The third-order valence-corrected chi connectivity index (χ3v) is 4.08. The number of nitrogen functional groups attached to an aromatic ring is 1. The van der Waals surface area contributed by atoms with E-state index in [0.717, 1.165) is 31.2 Å². The van der Waals surface area contributed by atoms with Gasteiger partial charge in [-0.2, -0.15) is 0 Å². The Hall–Kier alpha value is -1.59. The molecule has 3 rings (SSSR count). The number of hydrogen-bond acceptors (Lipinski definition) is 3. The van der Waals surface area contributed by atoms with E-state index >= 15 is 0 Å². The largest absolute Gasteiger partial charge is 0.487 e. The zero-order chi connectivity index (χ0) is 14.8. The second-order valence-electron chi connectivity index (χ2n) is 4.62. The topological polar surface area (TPSA) is 48.1 Å². The Kier molecular flexibility index (Phi) is 4.12. The van der Waals surface area contributed by atoms with Crippen molar-refractivity contribution in [3.8, 4) is 5.75 Å². The Morgan fingerprint density at radius 3 is 2.52 bits per heavy atom. The summed E-state index contributed by atoms with van der Waals surface area (Å²) in [4.78, 5) is 4.41. The first-order chi connectivity index (χ1) is 10.1. The third kappa shape index (κ3) is 3.19. The molecule has 0 unspecified atom stereocenters. The molecule has 0 amide bonds. The molecule has 0 spiro atoms. The van der Waals surface area contributed by atoms with Crippen LogP contribution < -0.4 is 10.5 Å². The fourth-order valence-electron chi connectivity index (χ4n) is 2.05. The fourth-order valence-corrected chi connectivity index (χ4v) is 2.64. The number of nitrogens with two attached hydrogens (primary N) is 1. The van der Waals surface area contributed by atoms with Gasteiger partial charge in [0.05, 0.1) is 0 Å². The fraction of sp³-hybridized carbons (Fsp3) is 0.0625. The predicted octanol–water partition coefficient (Wildman–Crippen LogP) is 4.92. The first-order valence-electron chi connectivity index (χ1n) is 6.34. The van der Waals surface area contributed by atoms with Crippen molar-refractivity contribution in [1.82, 2.24) is 4.98 Å². The lowest BCUT2D eigenvalue weighted by Gasteiger charge is -2.10. The molecule has 0 saturated carbocycles. The van der Waals surface area contributed by atoms with Crippen molar-refractivity contribution in [2.75, 3.05) is 5.73 Å². The van der Waals surface area contributed by atoms with Crippen LogP contribution in [0.2, 0.25) is 0 Å². The highest BCUT2D eigenvalue weighted by Crippen LogP contribution is 2.30. The molecular weight excluding hydrogens is 396 g/mol. The summed E-state index contributed by atoms with van der Waals surface area (Å²) >= 11 is 6.83. The van der Waals surface area contributed by atoms with E-state index in [1.165, 1.54) is 0 Å². The Morgan fingerprint density at radius 1 is 1.00 bits per heavy atom. The number of aromatic nitrogens is 1. The summed E-state index contributed by atoms with van der Waals surface area (Å²) in [7, 11) is 0. The van der Waals surface area contributed by atoms with E-state index in [0.29, 0.717) is 12.3 Å². The molecular formula is C16H12Br2N2O. The number of pyridine rings is 1. The standard InChI is InChI=1S/C16H12Br2N2O/c17-11-3-1-10(2-4-11)9-21-15-6-5-14(19)13-7-12(18)8-20-16(13)15/h1-8H,9,19H2. The quantitative estimate of drug-likeness (QED) is 0.626. The van der Waals surface area contributed by atoms with Crippen molar-refractivity contribution in [3.63, 3.8) is 0 Å². The van der Waals surface area contributed by atoms with Gasteiger partial charge in [-0.05, 0) is 51.8 Å². The van der Waals surface area contributed by atoms with Crippen molar-refractivity contribution in [2.45, 2.75) is 6.61 Å². The maximum absolute atomic E-state index is 6.00. The van der Waals surface area contributed by atoms with Gasteiger partial charge in [-0.15, -0.1) is 0 Å². The minimum Gasteiger partial charge on any atom is -0.487 e. The van der Waals surface area contributed by atoms with Gasteiger partial charge < -0.3 is 10.5 Å². The van der Waals surface area contributed by atoms with Gasteiger partial charge in [0.2, 0.25) is 0 Å². The van der Waals surface area contributed by atoms with Gasteiger partial charge >= 0.3 is 0 Å². The van der Waals surface area contributed by atoms with Crippen molar-refractivity contribution >= 4 is 48.5 Å². The van der Waals surface area contributed by atoms with Crippen LogP contribution in [-0.4, -0.2) is 4.98 Å². The molecule has 0 aliphatic carbocycles. The second-order valence-corrected chi connectivity index (χ2v) is 6.45. The van der Waals surface area contributed by atoms with Crippen LogP contribution in [0.1, 0.15) is 5.56 Å². The molecule has 2 N–H and O–H groups in total. The van der Waals surface area contributed by atoms with E-state index in [1.54, 1.807) is 6.20 Å². The molecule has 0 radical (unpaired) electrons. The van der Waals surface area contributed by atoms with Gasteiger partial charge in [-0.3, -0.25) is 4.98 Å². The lowest BCUT2D eigenvalue weighted by molar-refractivity contribution is 0.309. The van der Waals surface area contributed by atoms with Crippen molar-refractivity contribution < 1.29 is 4.74 Å². The van der Waals surface area contributed by atoms with Crippen LogP contribution in [0.3, 0.4) is 0 Å². The van der Waals surface area contributed by atoms with Crippen LogP contribution in [-0.2, 0) is 6.61 Å². The molecule has 3 aromatic rings. The summed E-state index contributed by atoms with van der Waals surface area (Å²) < 4.78 is 7.84. The summed E-state index contributed by atoms with van der Waals surface area (Å²) in [5, 5.41) is 0.887.